The maximum atomic E-state index is 6.21. The molecule has 1 aromatic carbocycles. The molecule has 0 aliphatic carbocycles. The number of hydrogen-bond donors (Lipinski definition) is 1. The van der Waals surface area contributed by atoms with Crippen molar-refractivity contribution in [3.63, 3.8) is 0 Å². The molecule has 0 saturated carbocycles. The molecule has 2 heterocycles. The summed E-state index contributed by atoms with van der Waals surface area (Å²) in [5, 5.41) is 9.23. The van der Waals surface area contributed by atoms with Crippen LogP contribution in [0, 0.1) is 0 Å². The maximum absolute atomic E-state index is 6.21. The Morgan fingerprint density at radius 3 is 2.74 bits per heavy atom. The fourth-order valence-corrected chi connectivity index (χ4v) is 2.45. The van der Waals surface area contributed by atoms with Crippen LogP contribution in [0.2, 0.25) is 10.0 Å². The van der Waals surface area contributed by atoms with E-state index in [9.17, 15) is 0 Å². The first-order chi connectivity index (χ1) is 9.20. The van der Waals surface area contributed by atoms with E-state index in [-0.39, 0.29) is 0 Å². The van der Waals surface area contributed by atoms with Crippen LogP contribution in [0.25, 0.3) is 16.7 Å². The highest BCUT2D eigenvalue weighted by atomic mass is 35.5. The highest BCUT2D eigenvalue weighted by molar-refractivity contribution is 6.36. The predicted molar refractivity (Wildman–Crippen MR) is 78.4 cm³/mol. The number of fused-ring (bicyclic) bond motifs is 1. The summed E-state index contributed by atoms with van der Waals surface area (Å²) in [7, 11) is 1.76. The molecule has 6 heteroatoms. The molecule has 0 radical (unpaired) electrons. The van der Waals surface area contributed by atoms with Crippen LogP contribution in [0.3, 0.4) is 0 Å². The van der Waals surface area contributed by atoms with Gasteiger partial charge in [0.1, 0.15) is 5.82 Å². The zero-order valence-corrected chi connectivity index (χ0v) is 11.6. The van der Waals surface area contributed by atoms with Crippen molar-refractivity contribution >= 4 is 39.9 Å². The van der Waals surface area contributed by atoms with Crippen molar-refractivity contribution in [2.75, 3.05) is 12.4 Å². The molecule has 3 aromatic rings. The quantitative estimate of drug-likeness (QED) is 0.782. The van der Waals surface area contributed by atoms with Crippen molar-refractivity contribution in [3.8, 4) is 5.82 Å². The molecule has 19 heavy (non-hydrogen) atoms. The number of nitrogens with zero attached hydrogens (tertiary/aromatic N) is 3. The molecule has 0 bridgehead atoms. The Bertz CT molecular complexity index is 751. The van der Waals surface area contributed by atoms with Gasteiger partial charge in [0.25, 0.3) is 0 Å². The van der Waals surface area contributed by atoms with Gasteiger partial charge in [-0.2, -0.15) is 5.10 Å². The summed E-state index contributed by atoms with van der Waals surface area (Å²) in [5.41, 5.74) is 0.946. The van der Waals surface area contributed by atoms with Crippen molar-refractivity contribution < 1.29 is 0 Å². The fourth-order valence-electron chi connectivity index (χ4n) is 1.92. The third-order valence-electron chi connectivity index (χ3n) is 2.83. The van der Waals surface area contributed by atoms with Gasteiger partial charge in [0.15, 0.2) is 5.82 Å². The Labute approximate surface area is 120 Å². The Hall–Kier alpha value is -1.78. The molecule has 0 spiro atoms. The molecule has 0 saturated heterocycles. The topological polar surface area (TPSA) is 42.7 Å². The lowest BCUT2D eigenvalue weighted by Gasteiger charge is -2.09. The number of anilines is 1. The van der Waals surface area contributed by atoms with E-state index >= 15 is 0 Å². The van der Waals surface area contributed by atoms with E-state index in [0.717, 1.165) is 10.9 Å². The van der Waals surface area contributed by atoms with Crippen molar-refractivity contribution in [2.45, 2.75) is 0 Å². The second kappa shape index (κ2) is 4.72. The lowest BCUT2D eigenvalue weighted by molar-refractivity contribution is 0.876. The highest BCUT2D eigenvalue weighted by Gasteiger charge is 2.13. The van der Waals surface area contributed by atoms with Crippen molar-refractivity contribution in [3.05, 3.63) is 46.6 Å². The molecular weight excluding hydrogens is 283 g/mol. The van der Waals surface area contributed by atoms with E-state index in [0.29, 0.717) is 21.7 Å². The molecule has 0 aliphatic heterocycles. The zero-order chi connectivity index (χ0) is 13.4. The van der Waals surface area contributed by atoms with Crippen LogP contribution in [0.4, 0.5) is 5.82 Å². The summed E-state index contributed by atoms with van der Waals surface area (Å²) < 4.78 is 1.70. The van der Waals surface area contributed by atoms with E-state index < -0.39 is 0 Å². The zero-order valence-electron chi connectivity index (χ0n) is 10.1. The van der Waals surface area contributed by atoms with E-state index in [1.54, 1.807) is 24.0 Å². The van der Waals surface area contributed by atoms with Gasteiger partial charge in [-0.05, 0) is 12.1 Å². The first-order valence-electron chi connectivity index (χ1n) is 5.67. The Balaban J connectivity index is 2.27. The molecule has 0 aliphatic rings. The van der Waals surface area contributed by atoms with E-state index in [4.69, 9.17) is 23.2 Å². The van der Waals surface area contributed by atoms with Gasteiger partial charge in [-0.15, -0.1) is 0 Å². The fraction of sp³-hybridized carbons (Fsp3) is 0.0769. The summed E-state index contributed by atoms with van der Waals surface area (Å²) in [6.07, 6.45) is 1.78. The second-order valence-electron chi connectivity index (χ2n) is 3.99. The van der Waals surface area contributed by atoms with Gasteiger partial charge in [-0.25, -0.2) is 9.67 Å². The lowest BCUT2D eigenvalue weighted by Crippen LogP contribution is -2.03. The van der Waals surface area contributed by atoms with E-state index in [2.05, 4.69) is 15.4 Å². The molecule has 0 unspecified atom stereocenters. The lowest BCUT2D eigenvalue weighted by atomic mass is 10.2. The minimum Gasteiger partial charge on any atom is -0.372 e. The number of rotatable bonds is 2. The Morgan fingerprint density at radius 2 is 1.95 bits per heavy atom. The Morgan fingerprint density at radius 1 is 1.16 bits per heavy atom. The Kier molecular flexibility index (Phi) is 3.05. The summed E-state index contributed by atoms with van der Waals surface area (Å²) in [6.45, 7) is 0. The summed E-state index contributed by atoms with van der Waals surface area (Å²) in [4.78, 5) is 4.41. The monoisotopic (exact) mass is 292 g/mol. The van der Waals surface area contributed by atoms with Gasteiger partial charge >= 0.3 is 0 Å². The van der Waals surface area contributed by atoms with Crippen LogP contribution in [0.1, 0.15) is 0 Å². The number of para-hydroxylation sites is 1. The maximum Gasteiger partial charge on any atom is 0.175 e. The molecule has 0 amide bonds. The third-order valence-corrected chi connectivity index (χ3v) is 3.39. The molecule has 0 fully saturated rings. The van der Waals surface area contributed by atoms with E-state index in [1.165, 1.54) is 0 Å². The molecule has 0 atom stereocenters. The normalized spacial score (nSPS) is 10.9. The highest BCUT2D eigenvalue weighted by Crippen LogP contribution is 2.29. The van der Waals surface area contributed by atoms with Crippen LogP contribution in [-0.4, -0.2) is 21.8 Å². The number of benzene rings is 1. The number of pyridine rings is 1. The first-order valence-corrected chi connectivity index (χ1v) is 6.43. The van der Waals surface area contributed by atoms with Crippen molar-refractivity contribution in [1.82, 2.24) is 14.8 Å². The van der Waals surface area contributed by atoms with Gasteiger partial charge in [-0.3, -0.25) is 0 Å². The third kappa shape index (κ3) is 2.03. The standard InChI is InChI=1S/C13H10Cl2N4/c1-16-12-9(14)6-10(15)13(18-12)19-11-5-3-2-4-8(11)7-17-19/h2-7H,1H3,(H,16,18). The summed E-state index contributed by atoms with van der Waals surface area (Å²) >= 11 is 12.3. The SMILES string of the molecule is CNc1nc(-n2ncc3ccccc32)c(Cl)cc1Cl. The van der Waals surface area contributed by atoms with Gasteiger partial charge in [0.2, 0.25) is 0 Å². The average molecular weight is 293 g/mol. The van der Waals surface area contributed by atoms with Gasteiger partial charge in [0.05, 0.1) is 21.8 Å². The average Bonchev–Trinajstić information content (AvgIpc) is 2.83. The number of aromatic nitrogens is 3. The van der Waals surface area contributed by atoms with Gasteiger partial charge < -0.3 is 5.32 Å². The molecule has 3 rings (SSSR count). The largest absolute Gasteiger partial charge is 0.372 e. The van der Waals surface area contributed by atoms with Crippen LogP contribution < -0.4 is 5.32 Å². The van der Waals surface area contributed by atoms with Gasteiger partial charge in [-0.1, -0.05) is 41.4 Å². The second-order valence-corrected chi connectivity index (χ2v) is 4.80. The van der Waals surface area contributed by atoms with Crippen LogP contribution in [0.15, 0.2) is 36.5 Å². The number of nitrogens with one attached hydrogen (secondary N) is 1. The smallest absolute Gasteiger partial charge is 0.175 e. The number of halogens is 2. The first kappa shape index (κ1) is 12.3. The van der Waals surface area contributed by atoms with Gasteiger partial charge in [0, 0.05) is 12.4 Å². The van der Waals surface area contributed by atoms with E-state index in [1.807, 2.05) is 24.3 Å². The molecule has 1 N–H and O–H groups in total. The van der Waals surface area contributed by atoms with Crippen molar-refractivity contribution in [2.24, 2.45) is 0 Å². The summed E-state index contributed by atoms with van der Waals surface area (Å²) in [6, 6.07) is 9.52. The van der Waals surface area contributed by atoms with Crippen molar-refractivity contribution in [1.29, 1.82) is 0 Å². The van der Waals surface area contributed by atoms with Crippen LogP contribution in [0.5, 0.6) is 0 Å². The van der Waals surface area contributed by atoms with Crippen LogP contribution >= 0.6 is 23.2 Å². The minimum atomic E-state index is 0.456. The molecular formula is C13H10Cl2N4. The van der Waals surface area contributed by atoms with Crippen LogP contribution in [-0.2, 0) is 0 Å². The predicted octanol–water partition coefficient (Wildman–Crippen LogP) is 3.77. The molecule has 4 nitrogen and oxygen atoms in total. The number of hydrogen-bond acceptors (Lipinski definition) is 3. The summed E-state index contributed by atoms with van der Waals surface area (Å²) in [5.74, 6) is 1.12. The minimum absolute atomic E-state index is 0.456. The molecule has 96 valence electrons. The molecule has 2 aromatic heterocycles.